The first-order valence-corrected chi connectivity index (χ1v) is 6.11. The summed E-state index contributed by atoms with van der Waals surface area (Å²) in [5, 5.41) is 0.972. The third kappa shape index (κ3) is 2.06. The van der Waals surface area contributed by atoms with Crippen molar-refractivity contribution in [1.82, 2.24) is 14.5 Å². The zero-order chi connectivity index (χ0) is 13.3. The van der Waals surface area contributed by atoms with E-state index in [1.54, 1.807) is 7.11 Å². The second-order valence-electron chi connectivity index (χ2n) is 4.84. The summed E-state index contributed by atoms with van der Waals surface area (Å²) < 4.78 is 7.39. The molecule has 5 heteroatoms. The van der Waals surface area contributed by atoms with Crippen molar-refractivity contribution in [2.24, 2.45) is 5.92 Å². The molecule has 0 amide bonds. The molecule has 0 aliphatic carbocycles. The van der Waals surface area contributed by atoms with Crippen LogP contribution in [0.2, 0.25) is 0 Å². The van der Waals surface area contributed by atoms with Gasteiger partial charge in [-0.05, 0) is 25.3 Å². The Morgan fingerprint density at radius 1 is 1.39 bits per heavy atom. The Morgan fingerprint density at radius 2 is 2.11 bits per heavy atom. The van der Waals surface area contributed by atoms with Crippen LogP contribution in [0.25, 0.3) is 11.0 Å². The topological polar surface area (TPSA) is 66.0 Å². The van der Waals surface area contributed by atoms with Gasteiger partial charge >= 0.3 is 0 Å². The number of rotatable bonds is 4. The second-order valence-corrected chi connectivity index (χ2v) is 4.84. The van der Waals surface area contributed by atoms with Gasteiger partial charge in [-0.25, -0.2) is 9.97 Å². The fourth-order valence-corrected chi connectivity index (χ4v) is 2.37. The van der Waals surface area contributed by atoms with Crippen LogP contribution >= 0.6 is 0 Å². The average Bonchev–Trinajstić information content (AvgIpc) is 2.56. The van der Waals surface area contributed by atoms with Crippen LogP contribution in [0.3, 0.4) is 0 Å². The van der Waals surface area contributed by atoms with Crippen LogP contribution in [0.15, 0.2) is 6.33 Å². The SMILES string of the molecule is COCC(C)Cn1c(C)c(C)c2c(N)ncnc21. The lowest BCUT2D eigenvalue weighted by Crippen LogP contribution is -2.14. The van der Waals surface area contributed by atoms with E-state index < -0.39 is 0 Å². The number of anilines is 1. The van der Waals surface area contributed by atoms with Crippen molar-refractivity contribution in [3.05, 3.63) is 17.6 Å². The van der Waals surface area contributed by atoms with Crippen LogP contribution in [0.5, 0.6) is 0 Å². The van der Waals surface area contributed by atoms with Gasteiger partial charge in [0.2, 0.25) is 0 Å². The maximum atomic E-state index is 5.94. The number of aromatic nitrogens is 3. The van der Waals surface area contributed by atoms with Crippen molar-refractivity contribution >= 4 is 16.9 Å². The summed E-state index contributed by atoms with van der Waals surface area (Å²) in [5.74, 6) is 0.985. The molecule has 18 heavy (non-hydrogen) atoms. The first-order valence-electron chi connectivity index (χ1n) is 6.11. The fraction of sp³-hybridized carbons (Fsp3) is 0.538. The molecule has 0 fully saturated rings. The first kappa shape index (κ1) is 12.8. The van der Waals surface area contributed by atoms with Crippen molar-refractivity contribution in [2.75, 3.05) is 19.5 Å². The van der Waals surface area contributed by atoms with Gasteiger partial charge in [0.1, 0.15) is 17.8 Å². The maximum absolute atomic E-state index is 5.94. The zero-order valence-electron chi connectivity index (χ0n) is 11.4. The molecule has 0 aliphatic heterocycles. The van der Waals surface area contributed by atoms with Crippen LogP contribution in [-0.4, -0.2) is 28.3 Å². The van der Waals surface area contributed by atoms with E-state index in [0.29, 0.717) is 11.7 Å². The van der Waals surface area contributed by atoms with Gasteiger partial charge in [0, 0.05) is 19.3 Å². The van der Waals surface area contributed by atoms with E-state index in [1.807, 2.05) is 0 Å². The molecule has 0 saturated carbocycles. The second kappa shape index (κ2) is 4.94. The highest BCUT2D eigenvalue weighted by Gasteiger charge is 2.16. The molecule has 0 spiro atoms. The highest BCUT2D eigenvalue weighted by atomic mass is 16.5. The van der Waals surface area contributed by atoms with E-state index in [9.17, 15) is 0 Å². The molecule has 0 saturated heterocycles. The normalized spacial score (nSPS) is 13.1. The van der Waals surface area contributed by atoms with Crippen molar-refractivity contribution in [1.29, 1.82) is 0 Å². The molecule has 2 heterocycles. The van der Waals surface area contributed by atoms with Gasteiger partial charge in [-0.2, -0.15) is 0 Å². The maximum Gasteiger partial charge on any atom is 0.145 e. The summed E-state index contributed by atoms with van der Waals surface area (Å²) in [6.45, 7) is 7.93. The third-order valence-corrected chi connectivity index (χ3v) is 3.38. The van der Waals surface area contributed by atoms with Crippen LogP contribution in [0.4, 0.5) is 5.82 Å². The number of hydrogen-bond acceptors (Lipinski definition) is 4. The molecule has 98 valence electrons. The van der Waals surface area contributed by atoms with E-state index in [4.69, 9.17) is 10.5 Å². The molecule has 1 unspecified atom stereocenters. The Hall–Kier alpha value is -1.62. The molecule has 0 aromatic carbocycles. The zero-order valence-corrected chi connectivity index (χ0v) is 11.4. The number of methoxy groups -OCH3 is 1. The highest BCUT2D eigenvalue weighted by molar-refractivity contribution is 5.90. The molecule has 0 radical (unpaired) electrons. The Bertz CT molecular complexity index is 562. The predicted octanol–water partition coefficient (Wildman–Crippen LogP) is 1.91. The molecule has 2 rings (SSSR count). The van der Waals surface area contributed by atoms with Gasteiger partial charge in [-0.1, -0.05) is 6.92 Å². The quantitative estimate of drug-likeness (QED) is 0.897. The number of nitrogens with zero attached hydrogens (tertiary/aromatic N) is 3. The van der Waals surface area contributed by atoms with Crippen LogP contribution < -0.4 is 5.73 Å². The van der Waals surface area contributed by atoms with Crippen LogP contribution in [-0.2, 0) is 11.3 Å². The lowest BCUT2D eigenvalue weighted by molar-refractivity contribution is 0.151. The fourth-order valence-electron chi connectivity index (χ4n) is 2.37. The minimum absolute atomic E-state index is 0.430. The van der Waals surface area contributed by atoms with Crippen molar-refractivity contribution < 1.29 is 4.74 Å². The number of fused-ring (bicyclic) bond motifs is 1. The molecular weight excluding hydrogens is 228 g/mol. The monoisotopic (exact) mass is 248 g/mol. The van der Waals surface area contributed by atoms with Gasteiger partial charge in [0.25, 0.3) is 0 Å². The highest BCUT2D eigenvalue weighted by Crippen LogP contribution is 2.27. The lowest BCUT2D eigenvalue weighted by Gasteiger charge is -2.13. The molecule has 0 aliphatic rings. The van der Waals surface area contributed by atoms with Gasteiger partial charge in [-0.3, -0.25) is 0 Å². The number of nitrogens with two attached hydrogens (primary N) is 1. The lowest BCUT2D eigenvalue weighted by atomic mass is 10.2. The van der Waals surface area contributed by atoms with E-state index in [2.05, 4.69) is 35.3 Å². The molecule has 1 atom stereocenters. The average molecular weight is 248 g/mol. The van der Waals surface area contributed by atoms with E-state index in [1.165, 1.54) is 12.0 Å². The number of nitrogen functional groups attached to an aromatic ring is 1. The minimum Gasteiger partial charge on any atom is -0.384 e. The summed E-state index contributed by atoms with van der Waals surface area (Å²) in [6.07, 6.45) is 1.52. The minimum atomic E-state index is 0.430. The molecule has 2 N–H and O–H groups in total. The number of aryl methyl sites for hydroxylation is 1. The largest absolute Gasteiger partial charge is 0.384 e. The third-order valence-electron chi connectivity index (χ3n) is 3.38. The van der Waals surface area contributed by atoms with E-state index in [0.717, 1.165) is 29.7 Å². The molecule has 5 nitrogen and oxygen atoms in total. The Kier molecular flexibility index (Phi) is 3.52. The van der Waals surface area contributed by atoms with E-state index in [-0.39, 0.29) is 0 Å². The Morgan fingerprint density at radius 3 is 2.78 bits per heavy atom. The first-order chi connectivity index (χ1) is 8.56. The number of hydrogen-bond donors (Lipinski definition) is 1. The molecule has 2 aromatic rings. The van der Waals surface area contributed by atoms with Crippen molar-refractivity contribution in [2.45, 2.75) is 27.3 Å². The summed E-state index contributed by atoms with van der Waals surface area (Å²) in [7, 11) is 1.72. The predicted molar refractivity (Wildman–Crippen MR) is 72.5 cm³/mol. The van der Waals surface area contributed by atoms with E-state index >= 15 is 0 Å². The van der Waals surface area contributed by atoms with Crippen LogP contribution in [0, 0.1) is 19.8 Å². The summed E-state index contributed by atoms with van der Waals surface area (Å²) in [6, 6.07) is 0. The molecule has 0 bridgehead atoms. The molecule has 2 aromatic heterocycles. The van der Waals surface area contributed by atoms with Crippen LogP contribution in [0.1, 0.15) is 18.2 Å². The Labute approximate surface area is 107 Å². The van der Waals surface area contributed by atoms with Gasteiger partial charge in [-0.15, -0.1) is 0 Å². The standard InChI is InChI=1S/C13H20N4O/c1-8(6-18-4)5-17-10(3)9(2)11-12(14)15-7-16-13(11)17/h7-8H,5-6H2,1-4H3,(H2,14,15,16). The number of ether oxygens (including phenoxy) is 1. The summed E-state index contributed by atoms with van der Waals surface area (Å²) in [5.41, 5.74) is 9.21. The van der Waals surface area contributed by atoms with Crippen molar-refractivity contribution in [3.63, 3.8) is 0 Å². The molecular formula is C13H20N4O. The summed E-state index contributed by atoms with van der Waals surface area (Å²) >= 11 is 0. The van der Waals surface area contributed by atoms with Gasteiger partial charge in [0.15, 0.2) is 0 Å². The van der Waals surface area contributed by atoms with Gasteiger partial charge in [0.05, 0.1) is 12.0 Å². The Balaban J connectivity index is 2.50. The summed E-state index contributed by atoms with van der Waals surface area (Å²) in [4.78, 5) is 8.43. The van der Waals surface area contributed by atoms with Crippen molar-refractivity contribution in [3.8, 4) is 0 Å². The smallest absolute Gasteiger partial charge is 0.145 e. The van der Waals surface area contributed by atoms with Gasteiger partial charge < -0.3 is 15.0 Å².